The van der Waals surface area contributed by atoms with Gasteiger partial charge in [0.1, 0.15) is 0 Å². The van der Waals surface area contributed by atoms with Crippen LogP contribution < -0.4 is 9.62 Å². The lowest BCUT2D eigenvalue weighted by Crippen LogP contribution is -2.26. The zero-order valence-electron chi connectivity index (χ0n) is 17.8. The molecule has 168 valence electrons. The van der Waals surface area contributed by atoms with Crippen LogP contribution in [0.3, 0.4) is 0 Å². The Balaban J connectivity index is 1.49. The van der Waals surface area contributed by atoms with Gasteiger partial charge in [-0.25, -0.2) is 8.42 Å². The summed E-state index contributed by atoms with van der Waals surface area (Å²) in [5.41, 5.74) is 1.56. The summed E-state index contributed by atoms with van der Waals surface area (Å²) in [6.07, 6.45) is 1.94. The third kappa shape index (κ3) is 4.76. The number of carbonyl (C=O) groups is 1. The molecule has 0 saturated heterocycles. The van der Waals surface area contributed by atoms with Crippen LogP contribution in [0.5, 0.6) is 0 Å². The molecule has 0 unspecified atom stereocenters. The van der Waals surface area contributed by atoms with Crippen molar-refractivity contribution in [3.05, 3.63) is 84.4 Å². The number of sulfonamides is 1. The van der Waals surface area contributed by atoms with Crippen LogP contribution in [-0.2, 0) is 10.0 Å². The van der Waals surface area contributed by atoms with E-state index in [1.807, 2.05) is 36.6 Å². The normalized spacial score (nSPS) is 11.2. The number of hydrogen-bond donors (Lipinski definition) is 1. The molecular weight excluding hydrogens is 460 g/mol. The second-order valence-electron chi connectivity index (χ2n) is 6.90. The summed E-state index contributed by atoms with van der Waals surface area (Å²) in [6, 6.07) is 21.9. The molecule has 0 bridgehead atoms. The SMILES string of the molecule is CSc1ccccc1-c1nnc(NC(=O)c2ccc(S(=O)(=O)N(C)c3ccccc3)cc2)o1. The smallest absolute Gasteiger partial charge is 0.322 e. The van der Waals surface area contributed by atoms with Crippen molar-refractivity contribution >= 4 is 39.4 Å². The van der Waals surface area contributed by atoms with Gasteiger partial charge >= 0.3 is 6.01 Å². The van der Waals surface area contributed by atoms with Crippen LogP contribution in [0, 0.1) is 0 Å². The summed E-state index contributed by atoms with van der Waals surface area (Å²) < 4.78 is 32.6. The Kier molecular flexibility index (Phi) is 6.47. The molecule has 1 N–H and O–H groups in total. The number of benzene rings is 3. The molecule has 1 aromatic heterocycles. The second kappa shape index (κ2) is 9.47. The van der Waals surface area contributed by atoms with Crippen LogP contribution in [0.2, 0.25) is 0 Å². The van der Waals surface area contributed by atoms with Crippen molar-refractivity contribution in [2.24, 2.45) is 0 Å². The minimum atomic E-state index is -3.77. The highest BCUT2D eigenvalue weighted by Crippen LogP contribution is 2.30. The predicted molar refractivity (Wildman–Crippen MR) is 128 cm³/mol. The van der Waals surface area contributed by atoms with Gasteiger partial charge in [0, 0.05) is 17.5 Å². The number of aromatic nitrogens is 2. The van der Waals surface area contributed by atoms with E-state index in [1.165, 1.54) is 35.6 Å². The van der Waals surface area contributed by atoms with E-state index >= 15 is 0 Å². The molecule has 1 amide bonds. The third-order valence-corrected chi connectivity index (χ3v) is 7.47. The lowest BCUT2D eigenvalue weighted by atomic mass is 10.2. The van der Waals surface area contributed by atoms with Crippen molar-refractivity contribution in [1.29, 1.82) is 0 Å². The van der Waals surface area contributed by atoms with Gasteiger partial charge in [-0.3, -0.25) is 14.4 Å². The Morgan fingerprint density at radius 3 is 2.30 bits per heavy atom. The monoisotopic (exact) mass is 480 g/mol. The molecule has 33 heavy (non-hydrogen) atoms. The lowest BCUT2D eigenvalue weighted by Gasteiger charge is -2.19. The van der Waals surface area contributed by atoms with Crippen molar-refractivity contribution in [3.8, 4) is 11.5 Å². The number of rotatable bonds is 7. The minimum absolute atomic E-state index is 0.0496. The van der Waals surface area contributed by atoms with Gasteiger partial charge in [0.2, 0.25) is 0 Å². The van der Waals surface area contributed by atoms with Crippen molar-refractivity contribution in [1.82, 2.24) is 10.2 Å². The maximum atomic E-state index is 12.9. The van der Waals surface area contributed by atoms with Crippen LogP contribution in [0.15, 0.2) is 93.1 Å². The molecule has 0 aliphatic heterocycles. The van der Waals surface area contributed by atoms with E-state index in [2.05, 4.69) is 15.5 Å². The molecule has 1 heterocycles. The third-order valence-electron chi connectivity index (χ3n) is 4.88. The van der Waals surface area contributed by atoms with E-state index in [0.717, 1.165) is 10.5 Å². The van der Waals surface area contributed by atoms with Crippen molar-refractivity contribution in [2.45, 2.75) is 9.79 Å². The average molecular weight is 481 g/mol. The highest BCUT2D eigenvalue weighted by Gasteiger charge is 2.22. The Bertz CT molecular complexity index is 1370. The number of para-hydroxylation sites is 1. The minimum Gasteiger partial charge on any atom is -0.403 e. The molecule has 10 heteroatoms. The van der Waals surface area contributed by atoms with Gasteiger partial charge in [0.25, 0.3) is 21.8 Å². The molecule has 4 aromatic rings. The first-order valence-electron chi connectivity index (χ1n) is 9.82. The first-order chi connectivity index (χ1) is 15.9. The van der Waals surface area contributed by atoms with Gasteiger partial charge in [-0.1, -0.05) is 35.4 Å². The largest absolute Gasteiger partial charge is 0.403 e. The van der Waals surface area contributed by atoms with Gasteiger partial charge in [-0.2, -0.15) is 0 Å². The predicted octanol–water partition coefficient (Wildman–Crippen LogP) is 4.54. The van der Waals surface area contributed by atoms with Crippen LogP contribution in [0.4, 0.5) is 11.7 Å². The summed E-state index contributed by atoms with van der Waals surface area (Å²) in [4.78, 5) is 13.6. The van der Waals surface area contributed by atoms with Crippen molar-refractivity contribution in [3.63, 3.8) is 0 Å². The summed E-state index contributed by atoms with van der Waals surface area (Å²) in [6.45, 7) is 0. The Hall–Kier alpha value is -3.63. The van der Waals surface area contributed by atoms with Gasteiger partial charge < -0.3 is 4.42 Å². The van der Waals surface area contributed by atoms with E-state index in [-0.39, 0.29) is 16.5 Å². The Morgan fingerprint density at radius 1 is 0.939 bits per heavy atom. The summed E-state index contributed by atoms with van der Waals surface area (Å²) in [5, 5.41) is 10.4. The number of amides is 1. The molecule has 3 aromatic carbocycles. The Morgan fingerprint density at radius 2 is 1.61 bits per heavy atom. The molecule has 8 nitrogen and oxygen atoms in total. The fourth-order valence-corrected chi connectivity index (χ4v) is 4.87. The number of nitrogens with one attached hydrogen (secondary N) is 1. The van der Waals surface area contributed by atoms with Crippen molar-refractivity contribution < 1.29 is 17.6 Å². The maximum Gasteiger partial charge on any atom is 0.322 e. The van der Waals surface area contributed by atoms with Gasteiger partial charge in [0.15, 0.2) is 0 Å². The zero-order chi connectivity index (χ0) is 23.4. The maximum absolute atomic E-state index is 12.9. The molecule has 4 rings (SSSR count). The molecule has 0 aliphatic carbocycles. The topological polar surface area (TPSA) is 105 Å². The zero-order valence-corrected chi connectivity index (χ0v) is 19.4. The molecule has 0 atom stereocenters. The molecular formula is C23H20N4O4S2. The van der Waals surface area contributed by atoms with Gasteiger partial charge in [0.05, 0.1) is 16.1 Å². The fraction of sp³-hybridized carbons (Fsp3) is 0.0870. The lowest BCUT2D eigenvalue weighted by molar-refractivity contribution is 0.102. The summed E-state index contributed by atoms with van der Waals surface area (Å²) in [7, 11) is -2.29. The van der Waals surface area contributed by atoms with Crippen molar-refractivity contribution in [2.75, 3.05) is 22.9 Å². The molecule has 0 aliphatic rings. The average Bonchev–Trinajstić information content (AvgIpc) is 3.32. The molecule has 0 spiro atoms. The van der Waals surface area contributed by atoms with Gasteiger partial charge in [-0.15, -0.1) is 16.9 Å². The quantitative estimate of drug-likeness (QED) is 0.387. The highest BCUT2D eigenvalue weighted by molar-refractivity contribution is 7.98. The van der Waals surface area contributed by atoms with Crippen LogP contribution in [0.25, 0.3) is 11.5 Å². The standard InChI is InChI=1S/C23H20N4O4S2/c1-27(17-8-4-3-5-9-17)33(29,30)18-14-12-16(13-15-18)21(28)24-23-26-25-22(31-23)19-10-6-7-11-20(19)32-2/h3-15H,1-2H3,(H,24,26,28). The second-order valence-corrected chi connectivity index (χ2v) is 9.72. The molecule has 0 saturated carbocycles. The number of anilines is 2. The van der Waals surface area contributed by atoms with Crippen LogP contribution in [0.1, 0.15) is 10.4 Å². The summed E-state index contributed by atoms with van der Waals surface area (Å²) in [5.74, 6) is -0.204. The number of hydrogen-bond acceptors (Lipinski definition) is 7. The van der Waals surface area contributed by atoms with Crippen LogP contribution >= 0.6 is 11.8 Å². The molecule has 0 fully saturated rings. The number of carbonyl (C=O) groups excluding carboxylic acids is 1. The first-order valence-corrected chi connectivity index (χ1v) is 12.5. The number of thioether (sulfide) groups is 1. The van der Waals surface area contributed by atoms with E-state index in [0.29, 0.717) is 11.6 Å². The van der Waals surface area contributed by atoms with E-state index in [1.54, 1.807) is 36.0 Å². The number of nitrogens with zero attached hydrogens (tertiary/aromatic N) is 3. The van der Waals surface area contributed by atoms with Gasteiger partial charge in [-0.05, 0) is 54.8 Å². The first kappa shape index (κ1) is 22.6. The Labute approximate surface area is 195 Å². The molecule has 0 radical (unpaired) electrons. The highest BCUT2D eigenvalue weighted by atomic mass is 32.2. The van der Waals surface area contributed by atoms with E-state index in [9.17, 15) is 13.2 Å². The van der Waals surface area contributed by atoms with E-state index < -0.39 is 15.9 Å². The fourth-order valence-electron chi connectivity index (χ4n) is 3.09. The summed E-state index contributed by atoms with van der Waals surface area (Å²) >= 11 is 1.55. The van der Waals surface area contributed by atoms with Crippen LogP contribution in [-0.4, -0.2) is 37.8 Å². The van der Waals surface area contributed by atoms with E-state index in [4.69, 9.17) is 4.42 Å².